The molecule has 0 saturated carbocycles. The lowest BCUT2D eigenvalue weighted by molar-refractivity contribution is -0.110. The number of hydrogen-bond donors (Lipinski definition) is 2. The van der Waals surface area contributed by atoms with Gasteiger partial charge >= 0.3 is 0 Å². The first-order valence-corrected chi connectivity index (χ1v) is 8.03. The largest absolute Gasteiger partial charge is 0.508 e. The van der Waals surface area contributed by atoms with Crippen molar-refractivity contribution < 1.29 is 15.0 Å². The van der Waals surface area contributed by atoms with Crippen molar-refractivity contribution in [2.24, 2.45) is 0 Å². The van der Waals surface area contributed by atoms with Gasteiger partial charge in [0, 0.05) is 0 Å². The molecule has 2 N–H and O–H groups in total. The van der Waals surface area contributed by atoms with E-state index in [1.807, 2.05) is 31.2 Å². The third-order valence-corrected chi connectivity index (χ3v) is 3.30. The smallest absolute Gasteiger partial charge is 0.178 e. The average molecular weight is 336 g/mol. The summed E-state index contributed by atoms with van der Waals surface area (Å²) in [6.07, 6.45) is 7.43. The minimum absolute atomic E-state index is 0.0393. The van der Waals surface area contributed by atoms with Crippen molar-refractivity contribution >= 4 is 5.78 Å². The zero-order valence-corrected chi connectivity index (χ0v) is 14.6. The van der Waals surface area contributed by atoms with Crippen molar-refractivity contribution in [1.82, 2.24) is 0 Å². The van der Waals surface area contributed by atoms with Gasteiger partial charge in [-0.2, -0.15) is 0 Å². The number of benzene rings is 2. The standard InChI is InChI=1S/C8H10O.C7H8O.C7H6O/c1-2-7-3-5-8(9)6-4-7;2*1-6-2-4-7(8)5-3-6/h3-6,9H,2H2,1H3;2-5,8H,1H3;2-5H,1H2. The lowest BCUT2D eigenvalue weighted by Gasteiger charge is -1.93. The molecule has 130 valence electrons. The molecule has 0 aliphatic heterocycles. The maximum absolute atomic E-state index is 10.4. The van der Waals surface area contributed by atoms with E-state index in [0.29, 0.717) is 11.5 Å². The summed E-state index contributed by atoms with van der Waals surface area (Å²) >= 11 is 0. The van der Waals surface area contributed by atoms with Gasteiger partial charge in [-0.3, -0.25) is 4.79 Å². The predicted octanol–water partition coefficient (Wildman–Crippen LogP) is 4.89. The molecule has 2 aromatic carbocycles. The van der Waals surface area contributed by atoms with E-state index in [2.05, 4.69) is 13.5 Å². The Morgan fingerprint density at radius 3 is 1.60 bits per heavy atom. The normalized spacial score (nSPS) is 11.9. The Balaban J connectivity index is 0.000000188. The van der Waals surface area contributed by atoms with Gasteiger partial charge in [-0.05, 0) is 60.9 Å². The number of rotatable bonds is 1. The average Bonchev–Trinajstić information content (AvgIpc) is 2.62. The third kappa shape index (κ3) is 8.96. The second-order valence-corrected chi connectivity index (χ2v) is 5.50. The number of allylic oxidation sites excluding steroid dienone is 5. The van der Waals surface area contributed by atoms with Crippen LogP contribution in [-0.4, -0.2) is 16.0 Å². The van der Waals surface area contributed by atoms with Gasteiger partial charge in [-0.15, -0.1) is 0 Å². The van der Waals surface area contributed by atoms with Crippen molar-refractivity contribution in [2.45, 2.75) is 20.3 Å². The highest BCUT2D eigenvalue weighted by atomic mass is 16.3. The summed E-state index contributed by atoms with van der Waals surface area (Å²) in [5, 5.41) is 17.6. The number of carbonyl (C=O) groups excluding carboxylic acids is 1. The number of carbonyl (C=O) groups is 1. The molecule has 0 bridgehead atoms. The topological polar surface area (TPSA) is 57.5 Å². The molecule has 0 heterocycles. The first kappa shape index (κ1) is 20.0. The van der Waals surface area contributed by atoms with Gasteiger partial charge in [-0.25, -0.2) is 0 Å². The molecule has 2 aromatic rings. The van der Waals surface area contributed by atoms with Crippen molar-refractivity contribution in [3.63, 3.8) is 0 Å². The van der Waals surface area contributed by atoms with E-state index >= 15 is 0 Å². The van der Waals surface area contributed by atoms with Gasteiger partial charge < -0.3 is 10.2 Å². The molecule has 0 saturated heterocycles. The lowest BCUT2D eigenvalue weighted by Crippen LogP contribution is -1.89. The summed E-state index contributed by atoms with van der Waals surface area (Å²) in [6.45, 7) is 7.70. The van der Waals surface area contributed by atoms with Crippen LogP contribution in [0.15, 0.2) is 85.0 Å². The lowest BCUT2D eigenvalue weighted by atomic mass is 10.1. The van der Waals surface area contributed by atoms with Crippen LogP contribution in [0.2, 0.25) is 0 Å². The molecule has 0 spiro atoms. The molecule has 0 aromatic heterocycles. The summed E-state index contributed by atoms with van der Waals surface area (Å²) < 4.78 is 0. The van der Waals surface area contributed by atoms with E-state index < -0.39 is 0 Å². The molecule has 0 fully saturated rings. The minimum atomic E-state index is 0.0393. The van der Waals surface area contributed by atoms with Crippen molar-refractivity contribution in [2.75, 3.05) is 0 Å². The first-order valence-electron chi connectivity index (χ1n) is 8.03. The minimum Gasteiger partial charge on any atom is -0.508 e. The monoisotopic (exact) mass is 336 g/mol. The van der Waals surface area contributed by atoms with E-state index in [0.717, 1.165) is 12.0 Å². The molecule has 3 rings (SSSR count). The number of ketones is 1. The highest BCUT2D eigenvalue weighted by Crippen LogP contribution is 2.09. The number of aryl methyl sites for hydroxylation is 2. The van der Waals surface area contributed by atoms with Crippen LogP contribution in [0.5, 0.6) is 11.5 Å². The van der Waals surface area contributed by atoms with E-state index in [9.17, 15) is 4.79 Å². The van der Waals surface area contributed by atoms with Gasteiger partial charge in [-0.1, -0.05) is 55.5 Å². The highest BCUT2D eigenvalue weighted by molar-refractivity contribution is 6.01. The Morgan fingerprint density at radius 2 is 1.24 bits per heavy atom. The summed E-state index contributed by atoms with van der Waals surface area (Å²) in [6, 6.07) is 14.4. The molecule has 3 heteroatoms. The fraction of sp³-hybridized carbons (Fsp3) is 0.136. The van der Waals surface area contributed by atoms with Crippen LogP contribution in [0.25, 0.3) is 0 Å². The fourth-order valence-corrected chi connectivity index (χ4v) is 1.77. The molecule has 0 radical (unpaired) electrons. The molecule has 0 amide bonds. The first-order chi connectivity index (χ1) is 11.9. The predicted molar refractivity (Wildman–Crippen MR) is 103 cm³/mol. The van der Waals surface area contributed by atoms with Crippen LogP contribution in [0.3, 0.4) is 0 Å². The number of phenolic OH excluding ortho intramolecular Hbond substituents is 2. The van der Waals surface area contributed by atoms with Gasteiger partial charge in [0.1, 0.15) is 11.5 Å². The Kier molecular flexibility index (Phi) is 8.52. The molecule has 25 heavy (non-hydrogen) atoms. The zero-order chi connectivity index (χ0) is 18.7. The summed E-state index contributed by atoms with van der Waals surface area (Å²) in [5.74, 6) is 0.709. The van der Waals surface area contributed by atoms with Crippen LogP contribution in [0.1, 0.15) is 18.1 Å². The van der Waals surface area contributed by atoms with E-state index in [1.54, 1.807) is 36.4 Å². The fourth-order valence-electron chi connectivity index (χ4n) is 1.77. The highest BCUT2D eigenvalue weighted by Gasteiger charge is 1.93. The SMILES string of the molecule is C=C1C=CC(=O)C=C1.CCc1ccc(O)cc1.Cc1ccc(O)cc1. The quantitative estimate of drug-likeness (QED) is 0.779. The van der Waals surface area contributed by atoms with Crippen LogP contribution in [0.4, 0.5) is 0 Å². The number of hydrogen-bond acceptors (Lipinski definition) is 3. The maximum Gasteiger partial charge on any atom is 0.178 e. The van der Waals surface area contributed by atoms with Gasteiger partial charge in [0.15, 0.2) is 5.78 Å². The van der Waals surface area contributed by atoms with Crippen LogP contribution >= 0.6 is 0 Å². The molecule has 1 aliphatic carbocycles. The third-order valence-electron chi connectivity index (χ3n) is 3.30. The van der Waals surface area contributed by atoms with Crippen LogP contribution in [-0.2, 0) is 11.2 Å². The van der Waals surface area contributed by atoms with E-state index in [4.69, 9.17) is 10.2 Å². The Hall–Kier alpha value is -3.07. The van der Waals surface area contributed by atoms with Gasteiger partial charge in [0.05, 0.1) is 0 Å². The van der Waals surface area contributed by atoms with Crippen molar-refractivity contribution in [1.29, 1.82) is 0 Å². The van der Waals surface area contributed by atoms with Crippen molar-refractivity contribution in [3.8, 4) is 11.5 Å². The number of aromatic hydroxyl groups is 2. The second kappa shape index (κ2) is 10.7. The van der Waals surface area contributed by atoms with Crippen LogP contribution < -0.4 is 0 Å². The maximum atomic E-state index is 10.4. The second-order valence-electron chi connectivity index (χ2n) is 5.50. The number of phenols is 2. The summed E-state index contributed by atoms with van der Waals surface area (Å²) in [7, 11) is 0. The molecule has 3 nitrogen and oxygen atoms in total. The Labute approximate surface area is 149 Å². The van der Waals surface area contributed by atoms with E-state index in [1.165, 1.54) is 23.3 Å². The van der Waals surface area contributed by atoms with Crippen LogP contribution in [0, 0.1) is 6.92 Å². The summed E-state index contributed by atoms with van der Waals surface area (Å²) in [4.78, 5) is 10.4. The zero-order valence-electron chi connectivity index (χ0n) is 14.6. The molecular formula is C22H24O3. The Bertz CT molecular complexity index is 677. The molecule has 0 atom stereocenters. The van der Waals surface area contributed by atoms with Crippen molar-refractivity contribution in [3.05, 3.63) is 96.1 Å². The summed E-state index contributed by atoms with van der Waals surface area (Å²) in [5.41, 5.74) is 3.31. The van der Waals surface area contributed by atoms with Gasteiger partial charge in [0.2, 0.25) is 0 Å². The Morgan fingerprint density at radius 1 is 0.800 bits per heavy atom. The van der Waals surface area contributed by atoms with Gasteiger partial charge in [0.25, 0.3) is 0 Å². The molecular weight excluding hydrogens is 312 g/mol. The molecule has 0 unspecified atom stereocenters. The van der Waals surface area contributed by atoms with E-state index in [-0.39, 0.29) is 5.78 Å². The molecule has 1 aliphatic rings.